The van der Waals surface area contributed by atoms with Gasteiger partial charge in [0.2, 0.25) is 17.7 Å². The maximum atomic E-state index is 12.7. The number of ether oxygens (including phenoxy) is 3. The second kappa shape index (κ2) is 15.3. The molecular formula is C22H38N4O11. The van der Waals surface area contributed by atoms with Crippen LogP contribution in [0.15, 0.2) is 0 Å². The molecule has 0 aromatic heterocycles. The third-order valence-electron chi connectivity index (χ3n) is 5.75. The number of carbonyl (C=O) groups excluding carboxylic acids is 4. The summed E-state index contributed by atoms with van der Waals surface area (Å²) in [4.78, 5) is 59.5. The number of aliphatic hydroxyl groups excluding tert-OH is 2. The number of amides is 4. The normalized spacial score (nSPS) is 25.7. The first-order chi connectivity index (χ1) is 17.4. The maximum Gasteiger partial charge on any atom is 0.407 e. The van der Waals surface area contributed by atoms with Gasteiger partial charge in [-0.3, -0.25) is 19.2 Å². The number of aliphatic carboxylic acids is 1. The summed E-state index contributed by atoms with van der Waals surface area (Å²) in [6, 6.07) is -3.33. The topological polar surface area (TPSA) is 236 Å². The first-order valence-corrected chi connectivity index (χ1v) is 12.0. The standard InChI is InChI=1S/C22H38N4O11/c1-5-13-16(26-22(34)35-6-2)18(17(30)14(9-27)37-13)36-11(4)21(33)24-10(3)20(32)25-12(19(23)31)7-8-15(28)29/h10-14,16-18,27,30H,5-9H2,1-4H3,(H2,23,31)(H,24,33)(H,25,32)(H,26,34)(H,28,29)/t10-,11+,12+,13?,14?,16?,17?,18?/m0/s1. The first kappa shape index (κ1) is 32.0. The van der Waals surface area contributed by atoms with E-state index in [0.29, 0.717) is 6.42 Å². The number of nitrogens with one attached hydrogen (secondary N) is 3. The maximum absolute atomic E-state index is 12.7. The van der Waals surface area contributed by atoms with Crippen molar-refractivity contribution < 1.29 is 53.5 Å². The zero-order valence-corrected chi connectivity index (χ0v) is 21.3. The van der Waals surface area contributed by atoms with Crippen LogP contribution >= 0.6 is 0 Å². The van der Waals surface area contributed by atoms with Crippen molar-refractivity contribution in [1.29, 1.82) is 0 Å². The highest BCUT2D eigenvalue weighted by molar-refractivity contribution is 5.92. The minimum atomic E-state index is -1.42. The number of carboxylic acids is 1. The fourth-order valence-corrected chi connectivity index (χ4v) is 3.72. The van der Waals surface area contributed by atoms with E-state index in [1.807, 2.05) is 0 Å². The molecule has 1 aliphatic rings. The van der Waals surface area contributed by atoms with Gasteiger partial charge in [-0.15, -0.1) is 0 Å². The summed E-state index contributed by atoms with van der Waals surface area (Å²) in [5, 5.41) is 36.4. The number of aliphatic hydroxyl groups is 2. The number of rotatable bonds is 14. The molecule has 0 saturated carbocycles. The highest BCUT2D eigenvalue weighted by Crippen LogP contribution is 2.26. The van der Waals surface area contributed by atoms with Crippen LogP contribution < -0.4 is 21.7 Å². The van der Waals surface area contributed by atoms with Crippen molar-refractivity contribution >= 4 is 29.8 Å². The second-order valence-corrected chi connectivity index (χ2v) is 8.55. The Morgan fingerprint density at radius 3 is 2.22 bits per heavy atom. The van der Waals surface area contributed by atoms with Gasteiger partial charge in [0.1, 0.15) is 36.5 Å². The van der Waals surface area contributed by atoms with Gasteiger partial charge in [0.05, 0.1) is 25.4 Å². The molecule has 37 heavy (non-hydrogen) atoms. The summed E-state index contributed by atoms with van der Waals surface area (Å²) in [7, 11) is 0. The van der Waals surface area contributed by atoms with E-state index in [0.717, 1.165) is 0 Å². The van der Waals surface area contributed by atoms with Crippen molar-refractivity contribution in [2.75, 3.05) is 13.2 Å². The Morgan fingerprint density at radius 1 is 1.05 bits per heavy atom. The average Bonchev–Trinajstić information content (AvgIpc) is 2.83. The van der Waals surface area contributed by atoms with E-state index >= 15 is 0 Å². The molecule has 15 nitrogen and oxygen atoms in total. The molecule has 212 valence electrons. The number of carbonyl (C=O) groups is 5. The van der Waals surface area contributed by atoms with Crippen LogP contribution in [-0.2, 0) is 33.4 Å². The van der Waals surface area contributed by atoms with Crippen LogP contribution in [0.1, 0.15) is 47.0 Å². The van der Waals surface area contributed by atoms with Crippen molar-refractivity contribution in [2.45, 2.75) is 95.6 Å². The van der Waals surface area contributed by atoms with Gasteiger partial charge in [0.25, 0.3) is 0 Å². The predicted molar refractivity (Wildman–Crippen MR) is 126 cm³/mol. The van der Waals surface area contributed by atoms with Crippen molar-refractivity contribution in [3.8, 4) is 0 Å². The number of primary amides is 1. The van der Waals surface area contributed by atoms with Crippen LogP contribution in [0, 0.1) is 0 Å². The van der Waals surface area contributed by atoms with Crippen LogP contribution in [0.5, 0.6) is 0 Å². The molecule has 0 aromatic carbocycles. The lowest BCUT2D eigenvalue weighted by atomic mass is 9.91. The number of carboxylic acid groups (broad SMARTS) is 1. The molecule has 1 fully saturated rings. The third kappa shape index (κ3) is 9.76. The highest BCUT2D eigenvalue weighted by Gasteiger charge is 2.47. The monoisotopic (exact) mass is 534 g/mol. The Balaban J connectivity index is 2.90. The van der Waals surface area contributed by atoms with E-state index in [1.165, 1.54) is 13.8 Å². The molecule has 8 atom stereocenters. The molecule has 0 bridgehead atoms. The van der Waals surface area contributed by atoms with Crippen molar-refractivity contribution in [3.05, 3.63) is 0 Å². The molecule has 0 radical (unpaired) electrons. The van der Waals surface area contributed by atoms with Gasteiger partial charge in [-0.1, -0.05) is 6.92 Å². The molecule has 0 aliphatic carbocycles. The smallest absolute Gasteiger partial charge is 0.407 e. The van der Waals surface area contributed by atoms with Crippen LogP contribution in [0.3, 0.4) is 0 Å². The van der Waals surface area contributed by atoms with Gasteiger partial charge in [-0.2, -0.15) is 0 Å². The van der Waals surface area contributed by atoms with Crippen LogP contribution in [-0.4, -0.2) is 107 Å². The molecule has 1 rings (SSSR count). The molecule has 1 saturated heterocycles. The van der Waals surface area contributed by atoms with E-state index in [1.54, 1.807) is 13.8 Å². The van der Waals surface area contributed by atoms with E-state index in [4.69, 9.17) is 25.1 Å². The van der Waals surface area contributed by atoms with Crippen molar-refractivity contribution in [2.24, 2.45) is 5.73 Å². The number of hydrogen-bond acceptors (Lipinski definition) is 10. The SMILES string of the molecule is CCOC(=O)NC1C(CC)OC(CO)C(O)C1O[C@H](C)C(=O)N[C@@H](C)C(=O)N[C@H](CCC(=O)O)C(N)=O. The zero-order chi connectivity index (χ0) is 28.3. The van der Waals surface area contributed by atoms with Crippen molar-refractivity contribution in [1.82, 2.24) is 16.0 Å². The Labute approximate surface area is 214 Å². The molecule has 1 aliphatic heterocycles. The summed E-state index contributed by atoms with van der Waals surface area (Å²) in [5.74, 6) is -3.64. The summed E-state index contributed by atoms with van der Waals surface area (Å²) in [6.07, 6.45) is -6.58. The lowest BCUT2D eigenvalue weighted by molar-refractivity contribution is -0.216. The van der Waals surface area contributed by atoms with Crippen LogP contribution in [0.4, 0.5) is 4.79 Å². The third-order valence-corrected chi connectivity index (χ3v) is 5.75. The Bertz CT molecular complexity index is 811. The van der Waals surface area contributed by atoms with Crippen molar-refractivity contribution in [3.63, 3.8) is 0 Å². The molecular weight excluding hydrogens is 496 g/mol. The van der Waals surface area contributed by atoms with Gasteiger partial charge >= 0.3 is 12.1 Å². The minimum Gasteiger partial charge on any atom is -0.481 e. The summed E-state index contributed by atoms with van der Waals surface area (Å²) >= 11 is 0. The Kier molecular flexibility index (Phi) is 13.2. The van der Waals surface area contributed by atoms with Gasteiger partial charge in [-0.25, -0.2) is 4.79 Å². The average molecular weight is 535 g/mol. The minimum absolute atomic E-state index is 0.0925. The number of hydrogen-bond donors (Lipinski definition) is 7. The fourth-order valence-electron chi connectivity index (χ4n) is 3.72. The van der Waals surface area contributed by atoms with Gasteiger partial charge in [0, 0.05) is 6.42 Å². The lowest BCUT2D eigenvalue weighted by Gasteiger charge is -2.45. The van der Waals surface area contributed by atoms with E-state index in [-0.39, 0.29) is 13.0 Å². The molecule has 15 heteroatoms. The van der Waals surface area contributed by atoms with Crippen LogP contribution in [0.2, 0.25) is 0 Å². The molecule has 8 N–H and O–H groups in total. The summed E-state index contributed by atoms with van der Waals surface area (Å²) in [5.41, 5.74) is 5.21. The largest absolute Gasteiger partial charge is 0.481 e. The predicted octanol–water partition coefficient (Wildman–Crippen LogP) is -2.25. The second-order valence-electron chi connectivity index (χ2n) is 8.55. The van der Waals surface area contributed by atoms with Crippen LogP contribution in [0.25, 0.3) is 0 Å². The fraction of sp³-hybridized carbons (Fsp3) is 0.773. The van der Waals surface area contributed by atoms with Gasteiger partial charge < -0.3 is 51.2 Å². The molecule has 4 amide bonds. The summed E-state index contributed by atoms with van der Waals surface area (Å²) in [6.45, 7) is 5.62. The number of alkyl carbamates (subject to hydrolysis) is 1. The summed E-state index contributed by atoms with van der Waals surface area (Å²) < 4.78 is 16.4. The number of nitrogens with two attached hydrogens (primary N) is 1. The quantitative estimate of drug-likeness (QED) is 0.126. The lowest BCUT2D eigenvalue weighted by Crippen LogP contribution is -2.65. The van der Waals surface area contributed by atoms with E-state index in [2.05, 4.69) is 16.0 Å². The Morgan fingerprint density at radius 2 is 1.70 bits per heavy atom. The molecule has 0 spiro atoms. The highest BCUT2D eigenvalue weighted by atomic mass is 16.6. The molecule has 5 unspecified atom stereocenters. The zero-order valence-electron chi connectivity index (χ0n) is 21.3. The van der Waals surface area contributed by atoms with E-state index < -0.39 is 91.5 Å². The molecule has 0 aromatic rings. The Hall–Kier alpha value is -3.01. The first-order valence-electron chi connectivity index (χ1n) is 12.0. The molecule has 1 heterocycles. The van der Waals surface area contributed by atoms with Gasteiger partial charge in [-0.05, 0) is 33.6 Å². The van der Waals surface area contributed by atoms with Gasteiger partial charge in [0.15, 0.2) is 0 Å². The van der Waals surface area contributed by atoms with E-state index in [9.17, 15) is 34.2 Å².